The molecule has 2 aromatic carbocycles. The van der Waals surface area contributed by atoms with Gasteiger partial charge >= 0.3 is 0 Å². The minimum Gasteiger partial charge on any atom is -0.495 e. The molecule has 8 nitrogen and oxygen atoms in total. The van der Waals surface area contributed by atoms with Crippen LogP contribution in [0.5, 0.6) is 5.75 Å². The van der Waals surface area contributed by atoms with E-state index in [1.54, 1.807) is 43.5 Å². The molecule has 0 bridgehead atoms. The summed E-state index contributed by atoms with van der Waals surface area (Å²) < 4.78 is 5.27. The fourth-order valence-electron chi connectivity index (χ4n) is 2.65. The first kappa shape index (κ1) is 19.8. The van der Waals surface area contributed by atoms with Crippen molar-refractivity contribution < 1.29 is 14.3 Å². The quantitative estimate of drug-likeness (QED) is 0.591. The first-order valence-corrected chi connectivity index (χ1v) is 8.89. The first-order valence-electron chi connectivity index (χ1n) is 8.89. The topological polar surface area (TPSA) is 105 Å². The number of amides is 2. The molecule has 1 aromatic heterocycles. The molecular weight excluding hydrogens is 370 g/mol. The van der Waals surface area contributed by atoms with E-state index in [0.717, 1.165) is 11.3 Å². The lowest BCUT2D eigenvalue weighted by Gasteiger charge is -2.11. The van der Waals surface area contributed by atoms with Crippen LogP contribution in [0.3, 0.4) is 0 Å². The molecule has 0 aliphatic carbocycles. The van der Waals surface area contributed by atoms with Crippen LogP contribution in [0.15, 0.2) is 54.6 Å². The van der Waals surface area contributed by atoms with E-state index in [-0.39, 0.29) is 17.5 Å². The van der Waals surface area contributed by atoms with Crippen molar-refractivity contribution >= 4 is 34.7 Å². The number of methoxy groups -OCH3 is 1. The van der Waals surface area contributed by atoms with Gasteiger partial charge in [0.05, 0.1) is 12.8 Å². The average Bonchev–Trinajstić information content (AvgIpc) is 2.68. The molecule has 2 amide bonds. The fourth-order valence-corrected chi connectivity index (χ4v) is 2.65. The highest BCUT2D eigenvalue weighted by atomic mass is 16.5. The van der Waals surface area contributed by atoms with Gasteiger partial charge in [-0.1, -0.05) is 12.1 Å². The van der Waals surface area contributed by atoms with Crippen molar-refractivity contribution in [1.82, 2.24) is 10.2 Å². The molecule has 0 unspecified atom stereocenters. The van der Waals surface area contributed by atoms with Gasteiger partial charge < -0.3 is 20.7 Å². The third-order valence-electron chi connectivity index (χ3n) is 3.96. The van der Waals surface area contributed by atoms with E-state index in [9.17, 15) is 9.59 Å². The molecule has 148 valence electrons. The van der Waals surface area contributed by atoms with Crippen molar-refractivity contribution in [3.05, 3.63) is 65.9 Å². The van der Waals surface area contributed by atoms with Crippen LogP contribution in [-0.4, -0.2) is 29.1 Å². The average molecular weight is 391 g/mol. The molecule has 29 heavy (non-hydrogen) atoms. The Morgan fingerprint density at radius 1 is 0.931 bits per heavy atom. The SMILES string of the molecule is COc1ccc(C)cc1NC(=O)c1ccc(Nc2cccc(NC(C)=O)c2)nn1. The van der Waals surface area contributed by atoms with Gasteiger partial charge in [-0.2, -0.15) is 0 Å². The summed E-state index contributed by atoms with van der Waals surface area (Å²) in [7, 11) is 1.54. The summed E-state index contributed by atoms with van der Waals surface area (Å²) in [6.45, 7) is 3.37. The Labute approximate surface area is 168 Å². The van der Waals surface area contributed by atoms with Crippen molar-refractivity contribution in [2.75, 3.05) is 23.1 Å². The van der Waals surface area contributed by atoms with E-state index < -0.39 is 0 Å². The van der Waals surface area contributed by atoms with Crippen LogP contribution in [0.25, 0.3) is 0 Å². The number of nitrogens with one attached hydrogen (secondary N) is 3. The van der Waals surface area contributed by atoms with Gasteiger partial charge in [0.1, 0.15) is 5.75 Å². The minimum atomic E-state index is -0.388. The van der Waals surface area contributed by atoms with Crippen molar-refractivity contribution in [2.24, 2.45) is 0 Å². The molecule has 3 aromatic rings. The molecule has 0 aliphatic rings. The van der Waals surface area contributed by atoms with Gasteiger partial charge in [0.2, 0.25) is 5.91 Å². The number of rotatable bonds is 6. The summed E-state index contributed by atoms with van der Waals surface area (Å²) in [5.41, 5.74) is 3.13. The zero-order chi connectivity index (χ0) is 20.8. The maximum absolute atomic E-state index is 12.5. The third-order valence-corrected chi connectivity index (χ3v) is 3.96. The third kappa shape index (κ3) is 5.29. The number of aromatic nitrogens is 2. The summed E-state index contributed by atoms with van der Waals surface area (Å²) in [6, 6.07) is 15.9. The second-order valence-corrected chi connectivity index (χ2v) is 6.35. The van der Waals surface area contributed by atoms with Gasteiger partial charge in [-0.05, 0) is 55.0 Å². The number of aryl methyl sites for hydroxylation is 1. The number of nitrogens with zero attached hydrogens (tertiary/aromatic N) is 2. The van der Waals surface area contributed by atoms with E-state index in [1.165, 1.54) is 6.92 Å². The number of carbonyl (C=O) groups is 2. The van der Waals surface area contributed by atoms with Gasteiger partial charge in [-0.3, -0.25) is 9.59 Å². The lowest BCUT2D eigenvalue weighted by Crippen LogP contribution is -2.15. The highest BCUT2D eigenvalue weighted by molar-refractivity contribution is 6.03. The number of hydrogen-bond donors (Lipinski definition) is 3. The Morgan fingerprint density at radius 3 is 2.41 bits per heavy atom. The van der Waals surface area contributed by atoms with Crippen LogP contribution in [0.2, 0.25) is 0 Å². The highest BCUT2D eigenvalue weighted by Gasteiger charge is 2.12. The summed E-state index contributed by atoms with van der Waals surface area (Å²) in [5.74, 6) is 0.493. The van der Waals surface area contributed by atoms with Crippen LogP contribution in [0.1, 0.15) is 23.0 Å². The lowest BCUT2D eigenvalue weighted by molar-refractivity contribution is -0.114. The Bertz CT molecular complexity index is 1030. The number of carbonyl (C=O) groups excluding carboxylic acids is 2. The van der Waals surface area contributed by atoms with Crippen molar-refractivity contribution in [3.63, 3.8) is 0 Å². The van der Waals surface area contributed by atoms with Gasteiger partial charge in [-0.25, -0.2) is 0 Å². The zero-order valence-electron chi connectivity index (χ0n) is 16.3. The molecule has 1 heterocycles. The maximum Gasteiger partial charge on any atom is 0.276 e. The normalized spacial score (nSPS) is 10.2. The van der Waals surface area contributed by atoms with E-state index in [1.807, 2.05) is 25.1 Å². The molecule has 3 N–H and O–H groups in total. The molecule has 0 aliphatic heterocycles. The van der Waals surface area contributed by atoms with Crippen molar-refractivity contribution in [3.8, 4) is 5.75 Å². The lowest BCUT2D eigenvalue weighted by atomic mass is 10.2. The van der Waals surface area contributed by atoms with E-state index in [2.05, 4.69) is 26.1 Å². The summed E-state index contributed by atoms with van der Waals surface area (Å²) in [5, 5.41) is 16.6. The molecule has 3 rings (SSSR count). The van der Waals surface area contributed by atoms with Crippen LogP contribution in [-0.2, 0) is 4.79 Å². The highest BCUT2D eigenvalue weighted by Crippen LogP contribution is 2.25. The number of ether oxygens (including phenoxy) is 1. The maximum atomic E-state index is 12.5. The second kappa shape index (κ2) is 8.83. The van der Waals surface area contributed by atoms with Crippen LogP contribution in [0.4, 0.5) is 22.9 Å². The Morgan fingerprint density at radius 2 is 1.72 bits per heavy atom. The summed E-state index contributed by atoms with van der Waals surface area (Å²) in [4.78, 5) is 23.7. The van der Waals surface area contributed by atoms with Gasteiger partial charge in [0.25, 0.3) is 5.91 Å². The monoisotopic (exact) mass is 391 g/mol. The molecule has 0 radical (unpaired) electrons. The predicted octanol–water partition coefficient (Wildman–Crippen LogP) is 3.75. The zero-order valence-corrected chi connectivity index (χ0v) is 16.3. The smallest absolute Gasteiger partial charge is 0.276 e. The molecule has 0 spiro atoms. The van der Waals surface area contributed by atoms with E-state index in [0.29, 0.717) is 22.9 Å². The van der Waals surface area contributed by atoms with Gasteiger partial charge in [-0.15, -0.1) is 10.2 Å². The standard InChI is InChI=1S/C21H21N5O3/c1-13-7-9-19(29-3)18(11-13)24-21(28)17-8-10-20(26-25-17)23-16-6-4-5-15(12-16)22-14(2)27/h4-12H,1-3H3,(H,22,27)(H,23,26)(H,24,28). The molecule has 0 saturated heterocycles. The Kier molecular flexibility index (Phi) is 6.03. The minimum absolute atomic E-state index is 0.150. The number of benzene rings is 2. The Balaban J connectivity index is 1.69. The predicted molar refractivity (Wildman–Crippen MR) is 112 cm³/mol. The van der Waals surface area contributed by atoms with Crippen molar-refractivity contribution in [1.29, 1.82) is 0 Å². The largest absolute Gasteiger partial charge is 0.495 e. The molecule has 0 fully saturated rings. The van der Waals surface area contributed by atoms with Crippen LogP contribution < -0.4 is 20.7 Å². The number of anilines is 4. The van der Waals surface area contributed by atoms with Crippen LogP contribution >= 0.6 is 0 Å². The first-order chi connectivity index (χ1) is 13.9. The van der Waals surface area contributed by atoms with Crippen LogP contribution in [0, 0.1) is 6.92 Å². The molecular formula is C21H21N5O3. The van der Waals surface area contributed by atoms with E-state index in [4.69, 9.17) is 4.74 Å². The Hall–Kier alpha value is -3.94. The van der Waals surface area contributed by atoms with E-state index >= 15 is 0 Å². The summed E-state index contributed by atoms with van der Waals surface area (Å²) >= 11 is 0. The molecule has 0 saturated carbocycles. The molecule has 0 atom stereocenters. The molecule has 8 heteroatoms. The van der Waals surface area contributed by atoms with Crippen molar-refractivity contribution in [2.45, 2.75) is 13.8 Å². The summed E-state index contributed by atoms with van der Waals surface area (Å²) in [6.07, 6.45) is 0. The second-order valence-electron chi connectivity index (χ2n) is 6.35. The number of hydrogen-bond acceptors (Lipinski definition) is 6. The fraction of sp³-hybridized carbons (Fsp3) is 0.143. The van der Waals surface area contributed by atoms with Gasteiger partial charge in [0, 0.05) is 18.3 Å². The van der Waals surface area contributed by atoms with Gasteiger partial charge in [0.15, 0.2) is 11.5 Å².